The highest BCUT2D eigenvalue weighted by Crippen LogP contribution is 2.41. The van der Waals surface area contributed by atoms with Gasteiger partial charge in [0.25, 0.3) is 0 Å². The summed E-state index contributed by atoms with van der Waals surface area (Å²) in [4.78, 5) is 13.0. The molecule has 0 radical (unpaired) electrons. The normalized spacial score (nSPS) is 16.0. The van der Waals surface area contributed by atoms with Crippen molar-refractivity contribution >= 4 is 11.6 Å². The first kappa shape index (κ1) is 16.6. The Bertz CT molecular complexity index is 700. The van der Waals surface area contributed by atoms with Crippen LogP contribution in [0.3, 0.4) is 0 Å². The van der Waals surface area contributed by atoms with Crippen molar-refractivity contribution in [3.63, 3.8) is 0 Å². The SMILES string of the molecule is Cc1cccc(C2(C(=O)NCCc3ccc(N)cc3)CCCC2)c1. The Kier molecular flexibility index (Phi) is 4.89. The van der Waals surface area contributed by atoms with Gasteiger partial charge in [-0.1, -0.05) is 54.8 Å². The largest absolute Gasteiger partial charge is 0.399 e. The lowest BCUT2D eigenvalue weighted by molar-refractivity contribution is -0.126. The molecule has 0 saturated heterocycles. The van der Waals surface area contributed by atoms with E-state index in [1.54, 1.807) is 0 Å². The Morgan fingerprint density at radius 2 is 1.83 bits per heavy atom. The molecule has 3 rings (SSSR count). The minimum Gasteiger partial charge on any atom is -0.399 e. The van der Waals surface area contributed by atoms with Gasteiger partial charge in [0.15, 0.2) is 0 Å². The number of nitrogens with one attached hydrogen (secondary N) is 1. The lowest BCUT2D eigenvalue weighted by Gasteiger charge is -2.28. The van der Waals surface area contributed by atoms with Crippen molar-refractivity contribution in [2.24, 2.45) is 0 Å². The maximum atomic E-state index is 13.0. The molecule has 2 aromatic carbocycles. The summed E-state index contributed by atoms with van der Waals surface area (Å²) in [5, 5.41) is 3.18. The molecule has 3 heteroatoms. The standard InChI is InChI=1S/C21H26N2O/c1-16-5-4-6-18(15-16)21(12-2-3-13-21)20(24)23-14-11-17-7-9-19(22)10-8-17/h4-10,15H,2-3,11-14,22H2,1H3,(H,23,24). The quantitative estimate of drug-likeness (QED) is 0.824. The van der Waals surface area contributed by atoms with Crippen LogP contribution in [-0.4, -0.2) is 12.5 Å². The van der Waals surface area contributed by atoms with Crippen LogP contribution in [0, 0.1) is 6.92 Å². The van der Waals surface area contributed by atoms with Crippen LogP contribution in [0.4, 0.5) is 5.69 Å². The molecule has 0 aromatic heterocycles. The number of carbonyl (C=O) groups is 1. The number of anilines is 1. The van der Waals surface area contributed by atoms with Crippen LogP contribution >= 0.6 is 0 Å². The van der Waals surface area contributed by atoms with Crippen molar-refractivity contribution < 1.29 is 4.79 Å². The molecule has 0 spiro atoms. The van der Waals surface area contributed by atoms with Gasteiger partial charge in [-0.15, -0.1) is 0 Å². The molecule has 1 saturated carbocycles. The van der Waals surface area contributed by atoms with Crippen molar-refractivity contribution in [1.29, 1.82) is 0 Å². The average molecular weight is 322 g/mol. The molecule has 2 aromatic rings. The monoisotopic (exact) mass is 322 g/mol. The van der Waals surface area contributed by atoms with Crippen molar-refractivity contribution in [3.05, 3.63) is 65.2 Å². The van der Waals surface area contributed by atoms with Crippen molar-refractivity contribution in [2.75, 3.05) is 12.3 Å². The zero-order valence-electron chi connectivity index (χ0n) is 14.3. The molecule has 24 heavy (non-hydrogen) atoms. The highest BCUT2D eigenvalue weighted by atomic mass is 16.2. The minimum atomic E-state index is -0.340. The summed E-state index contributed by atoms with van der Waals surface area (Å²) in [6.45, 7) is 2.75. The third-order valence-corrected chi connectivity index (χ3v) is 5.14. The van der Waals surface area contributed by atoms with Gasteiger partial charge in [0.05, 0.1) is 5.41 Å². The predicted molar refractivity (Wildman–Crippen MR) is 98.9 cm³/mol. The van der Waals surface area contributed by atoms with Crippen molar-refractivity contribution in [3.8, 4) is 0 Å². The first-order valence-corrected chi connectivity index (χ1v) is 8.80. The molecule has 1 aliphatic rings. The minimum absolute atomic E-state index is 0.182. The van der Waals surface area contributed by atoms with Gasteiger partial charge in [-0.3, -0.25) is 4.79 Å². The summed E-state index contributed by atoms with van der Waals surface area (Å²) in [5.41, 5.74) is 9.72. The summed E-state index contributed by atoms with van der Waals surface area (Å²) < 4.78 is 0. The molecule has 1 fully saturated rings. The van der Waals surface area contributed by atoms with E-state index in [2.05, 4.69) is 36.5 Å². The lowest BCUT2D eigenvalue weighted by Crippen LogP contribution is -2.43. The van der Waals surface area contributed by atoms with Gasteiger partial charge >= 0.3 is 0 Å². The Morgan fingerprint density at radius 1 is 1.12 bits per heavy atom. The van der Waals surface area contributed by atoms with E-state index in [0.717, 1.165) is 37.8 Å². The molecule has 0 aliphatic heterocycles. The highest BCUT2D eigenvalue weighted by Gasteiger charge is 2.42. The fourth-order valence-electron chi connectivity index (χ4n) is 3.74. The Balaban J connectivity index is 1.68. The van der Waals surface area contributed by atoms with Gasteiger partial charge < -0.3 is 11.1 Å². The molecule has 3 N–H and O–H groups in total. The van der Waals surface area contributed by atoms with Gasteiger partial charge in [0.1, 0.15) is 0 Å². The number of nitrogens with two attached hydrogens (primary N) is 1. The van der Waals surface area contributed by atoms with Crippen LogP contribution in [0.15, 0.2) is 48.5 Å². The van der Waals surface area contributed by atoms with E-state index in [1.807, 2.05) is 24.3 Å². The van der Waals surface area contributed by atoms with Gasteiger partial charge in [-0.05, 0) is 49.4 Å². The Morgan fingerprint density at radius 3 is 2.50 bits per heavy atom. The van der Waals surface area contributed by atoms with Gasteiger partial charge in [-0.2, -0.15) is 0 Å². The molecule has 0 bridgehead atoms. The van der Waals surface area contributed by atoms with E-state index >= 15 is 0 Å². The molecule has 0 heterocycles. The van der Waals surface area contributed by atoms with Gasteiger partial charge in [0, 0.05) is 12.2 Å². The van der Waals surface area contributed by atoms with Crippen molar-refractivity contribution in [2.45, 2.75) is 44.4 Å². The third-order valence-electron chi connectivity index (χ3n) is 5.14. The first-order chi connectivity index (χ1) is 11.6. The van der Waals surface area contributed by atoms with Crippen LogP contribution in [0.2, 0.25) is 0 Å². The number of aryl methyl sites for hydroxylation is 1. The lowest BCUT2D eigenvalue weighted by atomic mass is 9.77. The molecule has 1 amide bonds. The summed E-state index contributed by atoms with van der Waals surface area (Å²) >= 11 is 0. The molecule has 126 valence electrons. The Hall–Kier alpha value is -2.29. The third kappa shape index (κ3) is 3.45. The topological polar surface area (TPSA) is 55.1 Å². The second-order valence-electron chi connectivity index (χ2n) is 6.91. The fourth-order valence-corrected chi connectivity index (χ4v) is 3.74. The molecular weight excluding hydrogens is 296 g/mol. The maximum absolute atomic E-state index is 13.0. The van der Waals surface area contributed by atoms with Crippen LogP contribution in [0.5, 0.6) is 0 Å². The predicted octanol–water partition coefficient (Wildman–Crippen LogP) is 3.75. The maximum Gasteiger partial charge on any atom is 0.230 e. The number of carbonyl (C=O) groups excluding carboxylic acids is 1. The van der Waals surface area contributed by atoms with E-state index < -0.39 is 0 Å². The Labute approximate surface area is 144 Å². The molecule has 0 unspecified atom stereocenters. The summed E-state index contributed by atoms with van der Waals surface area (Å²) in [7, 11) is 0. The van der Waals surface area contributed by atoms with E-state index in [9.17, 15) is 4.79 Å². The molecule has 1 aliphatic carbocycles. The van der Waals surface area contributed by atoms with Crippen molar-refractivity contribution in [1.82, 2.24) is 5.32 Å². The molecule has 0 atom stereocenters. The first-order valence-electron chi connectivity index (χ1n) is 8.80. The van der Waals surface area contributed by atoms with E-state index in [4.69, 9.17) is 5.73 Å². The number of hydrogen-bond acceptors (Lipinski definition) is 2. The molecule has 3 nitrogen and oxygen atoms in total. The summed E-state index contributed by atoms with van der Waals surface area (Å²) in [5.74, 6) is 0.182. The number of hydrogen-bond donors (Lipinski definition) is 2. The van der Waals surface area contributed by atoms with E-state index in [1.165, 1.54) is 16.7 Å². The zero-order valence-corrected chi connectivity index (χ0v) is 14.3. The second kappa shape index (κ2) is 7.08. The van der Waals surface area contributed by atoms with Crippen LogP contribution in [0.25, 0.3) is 0 Å². The van der Waals surface area contributed by atoms with Crippen LogP contribution < -0.4 is 11.1 Å². The molecular formula is C21H26N2O. The van der Waals surface area contributed by atoms with Crippen LogP contribution in [-0.2, 0) is 16.6 Å². The summed E-state index contributed by atoms with van der Waals surface area (Å²) in [6, 6.07) is 16.3. The number of rotatable bonds is 5. The van der Waals surface area contributed by atoms with E-state index in [0.29, 0.717) is 6.54 Å². The highest BCUT2D eigenvalue weighted by molar-refractivity contribution is 5.88. The van der Waals surface area contributed by atoms with E-state index in [-0.39, 0.29) is 11.3 Å². The zero-order chi connectivity index (χ0) is 17.0. The van der Waals surface area contributed by atoms with Gasteiger partial charge in [0.2, 0.25) is 5.91 Å². The summed E-state index contributed by atoms with van der Waals surface area (Å²) in [6.07, 6.45) is 4.98. The smallest absolute Gasteiger partial charge is 0.230 e. The number of nitrogen functional groups attached to an aromatic ring is 1. The second-order valence-corrected chi connectivity index (χ2v) is 6.91. The van der Waals surface area contributed by atoms with Crippen LogP contribution in [0.1, 0.15) is 42.4 Å². The average Bonchev–Trinajstić information content (AvgIpc) is 3.08. The number of amides is 1. The fraction of sp³-hybridized carbons (Fsp3) is 0.381. The van der Waals surface area contributed by atoms with Gasteiger partial charge in [-0.25, -0.2) is 0 Å². The number of benzene rings is 2.